The molecule has 0 rings (SSSR count). The van der Waals surface area contributed by atoms with Crippen molar-refractivity contribution in [3.8, 4) is 0 Å². The zero-order chi connectivity index (χ0) is 8.15. The number of carbonyl (C=O) groups is 1. The molecule has 1 unspecified atom stereocenters. The number of ether oxygens (including phenoxy) is 1. The van der Waals surface area contributed by atoms with Crippen LogP contribution in [0.1, 0.15) is 6.92 Å². The van der Waals surface area contributed by atoms with Crippen LogP contribution in [0, 0.1) is 0 Å². The van der Waals surface area contributed by atoms with E-state index in [0.29, 0.717) is 0 Å². The van der Waals surface area contributed by atoms with Gasteiger partial charge < -0.3 is 4.74 Å². The minimum Gasteiger partial charge on any atom is -0.469 e. The first-order valence-corrected chi connectivity index (χ1v) is 4.72. The fraction of sp³-hybridized carbons (Fsp3) is 0.800. The highest BCUT2D eigenvalue weighted by Gasteiger charge is 2.17. The minimum atomic E-state index is -0.464. The quantitative estimate of drug-likeness (QED) is 0.390. The minimum absolute atomic E-state index is 0.190. The Morgan fingerprint density at radius 3 is 2.40 bits per heavy atom. The van der Waals surface area contributed by atoms with Crippen molar-refractivity contribution in [1.82, 2.24) is 0 Å². The van der Waals surface area contributed by atoms with Gasteiger partial charge in [0.15, 0.2) is 0 Å². The van der Waals surface area contributed by atoms with Gasteiger partial charge >= 0.3 is 5.97 Å². The number of hydrogen-bond acceptors (Lipinski definition) is 2. The second-order valence-electron chi connectivity index (χ2n) is 1.71. The molecule has 58 valence electrons. The van der Waals surface area contributed by atoms with Crippen molar-refractivity contribution in [2.75, 3.05) is 7.11 Å². The van der Waals surface area contributed by atoms with Gasteiger partial charge in [0.2, 0.25) is 0 Å². The molecule has 0 bridgehead atoms. The summed E-state index contributed by atoms with van der Waals surface area (Å²) in [6, 6.07) is 0. The van der Waals surface area contributed by atoms with E-state index < -0.39 is 4.46 Å². The smallest absolute Gasteiger partial charge is 0.305 e. The van der Waals surface area contributed by atoms with E-state index in [-0.39, 0.29) is 21.0 Å². The number of alkyl halides is 2. The van der Waals surface area contributed by atoms with Gasteiger partial charge in [0.05, 0.1) is 11.6 Å². The highest BCUT2D eigenvalue weighted by atomic mass is 35.5. The Kier molecular flexibility index (Phi) is 5.12. The lowest BCUT2D eigenvalue weighted by Gasteiger charge is -2.06. The Bertz CT molecular complexity index is 118. The maximum Gasteiger partial charge on any atom is 0.305 e. The summed E-state index contributed by atoms with van der Waals surface area (Å²) in [6.45, 7) is 1.74. The summed E-state index contributed by atoms with van der Waals surface area (Å²) in [5, 5.41) is 0. The average molecular weight is 199 g/mol. The van der Waals surface area contributed by atoms with Crippen molar-refractivity contribution < 1.29 is 9.53 Å². The first-order chi connectivity index (χ1) is 4.57. The van der Waals surface area contributed by atoms with E-state index in [0.717, 1.165) is 0 Å². The van der Waals surface area contributed by atoms with E-state index in [9.17, 15) is 4.79 Å². The molecule has 2 radical (unpaired) electrons. The molecule has 0 aromatic carbocycles. The van der Waals surface area contributed by atoms with Crippen LogP contribution in [0.15, 0.2) is 0 Å². The topological polar surface area (TPSA) is 26.3 Å². The van der Waals surface area contributed by atoms with Gasteiger partial charge in [0.25, 0.3) is 0 Å². The van der Waals surface area contributed by atoms with Gasteiger partial charge in [0.1, 0.15) is 9.52 Å². The molecular weight excluding hydrogens is 191 g/mol. The van der Waals surface area contributed by atoms with Gasteiger partial charge in [-0.3, -0.25) is 4.79 Å². The molecule has 0 aliphatic carbocycles. The van der Waals surface area contributed by atoms with E-state index in [1.54, 1.807) is 6.92 Å². The highest BCUT2D eigenvalue weighted by Crippen LogP contribution is 2.10. The van der Waals surface area contributed by atoms with Gasteiger partial charge in [-0.15, -0.1) is 23.2 Å². The summed E-state index contributed by atoms with van der Waals surface area (Å²) in [6.07, 6.45) is 0. The molecule has 5 heteroatoms. The summed E-state index contributed by atoms with van der Waals surface area (Å²) in [5.74, 6) is -0.260. The van der Waals surface area contributed by atoms with Gasteiger partial charge in [-0.1, -0.05) is 6.92 Å². The first kappa shape index (κ1) is 10.3. The second kappa shape index (κ2) is 4.99. The molecule has 0 saturated carbocycles. The normalized spacial score (nSPS) is 13.3. The monoisotopic (exact) mass is 198 g/mol. The van der Waals surface area contributed by atoms with Crippen molar-refractivity contribution in [2.45, 2.75) is 16.9 Å². The highest BCUT2D eigenvalue weighted by molar-refractivity contribution is 6.70. The number of hydrogen-bond donors (Lipinski definition) is 0. The molecule has 0 N–H and O–H groups in total. The number of halogens is 2. The molecule has 0 aromatic heterocycles. The van der Waals surface area contributed by atoms with Crippen LogP contribution in [0.3, 0.4) is 0 Å². The van der Waals surface area contributed by atoms with Gasteiger partial charge in [0, 0.05) is 5.54 Å². The van der Waals surface area contributed by atoms with Crippen LogP contribution in [0.25, 0.3) is 0 Å². The van der Waals surface area contributed by atoms with Crippen LogP contribution < -0.4 is 0 Å². The summed E-state index contributed by atoms with van der Waals surface area (Å²) in [4.78, 5) is 10.7. The molecule has 0 amide bonds. The molecule has 0 aromatic rings. The third kappa shape index (κ3) is 4.14. The predicted octanol–water partition coefficient (Wildman–Crippen LogP) is 1.43. The molecule has 0 heterocycles. The molecule has 1 atom stereocenters. The third-order valence-electron chi connectivity index (χ3n) is 0.931. The van der Waals surface area contributed by atoms with Gasteiger partial charge in [-0.05, 0) is 0 Å². The molecule has 2 nitrogen and oxygen atoms in total. The zero-order valence-corrected chi connectivity index (χ0v) is 8.24. The van der Waals surface area contributed by atoms with Crippen LogP contribution in [0.5, 0.6) is 0 Å². The Balaban J connectivity index is 3.61. The van der Waals surface area contributed by atoms with E-state index in [1.165, 1.54) is 7.11 Å². The van der Waals surface area contributed by atoms with Gasteiger partial charge in [-0.2, -0.15) is 0 Å². The van der Waals surface area contributed by atoms with Crippen molar-refractivity contribution >= 4 is 38.7 Å². The Hall–Kier alpha value is 0.267. The lowest BCUT2D eigenvalue weighted by Crippen LogP contribution is -2.18. The van der Waals surface area contributed by atoms with E-state index in [4.69, 9.17) is 23.2 Å². The SMILES string of the molecule is COC(=O)C(C)[Si]C(Cl)Cl. The molecule has 0 fully saturated rings. The maximum atomic E-state index is 10.7. The third-order valence-corrected chi connectivity index (χ3v) is 2.67. The van der Waals surface area contributed by atoms with Gasteiger partial charge in [-0.25, -0.2) is 0 Å². The standard InChI is InChI=1S/C5H8Cl2O2Si/c1-3(4(8)9-2)10-5(6)7/h3,5H,1-2H3. The molecule has 0 spiro atoms. The maximum absolute atomic E-state index is 10.7. The summed E-state index contributed by atoms with van der Waals surface area (Å²) >= 11 is 10.9. The summed E-state index contributed by atoms with van der Waals surface area (Å²) < 4.78 is 4.00. The lowest BCUT2D eigenvalue weighted by atomic mass is 10.5. The zero-order valence-electron chi connectivity index (χ0n) is 5.73. The second-order valence-corrected chi connectivity index (χ2v) is 5.32. The van der Waals surface area contributed by atoms with Crippen molar-refractivity contribution in [1.29, 1.82) is 0 Å². The lowest BCUT2D eigenvalue weighted by molar-refractivity contribution is -0.140. The first-order valence-electron chi connectivity index (χ1n) is 2.70. The number of esters is 1. The van der Waals surface area contributed by atoms with Crippen molar-refractivity contribution in [2.24, 2.45) is 0 Å². The van der Waals surface area contributed by atoms with Crippen molar-refractivity contribution in [3.63, 3.8) is 0 Å². The average Bonchev–Trinajstić information content (AvgIpc) is 1.85. The van der Waals surface area contributed by atoms with E-state index in [1.807, 2.05) is 0 Å². The fourth-order valence-electron chi connectivity index (χ4n) is 0.434. The summed E-state index contributed by atoms with van der Waals surface area (Å²) in [7, 11) is 1.55. The number of carbonyl (C=O) groups excluding carboxylic acids is 1. The van der Waals surface area contributed by atoms with Crippen LogP contribution in [0.4, 0.5) is 0 Å². The molecule has 10 heavy (non-hydrogen) atoms. The van der Waals surface area contributed by atoms with Crippen molar-refractivity contribution in [3.05, 3.63) is 0 Å². The summed E-state index contributed by atoms with van der Waals surface area (Å²) in [5.41, 5.74) is -0.190. The molecule has 0 saturated heterocycles. The predicted molar refractivity (Wildman–Crippen MR) is 42.7 cm³/mol. The molecular formula is C5H8Cl2O2Si. The Labute approximate surface area is 72.7 Å². The Morgan fingerprint density at radius 2 is 2.10 bits per heavy atom. The largest absolute Gasteiger partial charge is 0.469 e. The van der Waals surface area contributed by atoms with Crippen LogP contribution >= 0.6 is 23.2 Å². The number of methoxy groups -OCH3 is 1. The number of rotatable bonds is 3. The molecule has 0 aliphatic rings. The van der Waals surface area contributed by atoms with E-state index >= 15 is 0 Å². The van der Waals surface area contributed by atoms with Crippen LogP contribution in [-0.4, -0.2) is 27.1 Å². The Morgan fingerprint density at radius 1 is 1.60 bits per heavy atom. The van der Waals surface area contributed by atoms with Crippen LogP contribution in [-0.2, 0) is 9.53 Å². The van der Waals surface area contributed by atoms with Crippen LogP contribution in [0.2, 0.25) is 5.54 Å². The van der Waals surface area contributed by atoms with E-state index in [2.05, 4.69) is 4.74 Å². The fourth-order valence-corrected chi connectivity index (χ4v) is 2.20. The molecule has 0 aliphatic heterocycles.